The van der Waals surface area contributed by atoms with E-state index in [1.807, 2.05) is 20.8 Å². The summed E-state index contributed by atoms with van der Waals surface area (Å²) < 4.78 is 5.35. The fourth-order valence-corrected chi connectivity index (χ4v) is 2.23. The number of carbonyl (C=O) groups excluding carboxylic acids is 1. The van der Waals surface area contributed by atoms with Crippen LogP contribution in [0.3, 0.4) is 0 Å². The van der Waals surface area contributed by atoms with Crippen molar-refractivity contribution in [1.82, 2.24) is 10.6 Å². The molecule has 0 saturated carbocycles. The van der Waals surface area contributed by atoms with E-state index in [1.165, 1.54) is 0 Å². The fourth-order valence-electron chi connectivity index (χ4n) is 2.23. The van der Waals surface area contributed by atoms with Crippen LogP contribution in [0.4, 0.5) is 0 Å². The van der Waals surface area contributed by atoms with Crippen molar-refractivity contribution >= 4 is 5.91 Å². The second-order valence-corrected chi connectivity index (χ2v) is 5.29. The minimum atomic E-state index is -0.129. The van der Waals surface area contributed by atoms with Gasteiger partial charge in [0.1, 0.15) is 0 Å². The van der Waals surface area contributed by atoms with Gasteiger partial charge in [-0.2, -0.15) is 0 Å². The highest BCUT2D eigenvalue weighted by Crippen LogP contribution is 2.18. The number of nitrogens with one attached hydrogen (secondary N) is 2. The fraction of sp³-hybridized carbons (Fsp3) is 0.923. The molecular formula is C13H26N2O2. The van der Waals surface area contributed by atoms with E-state index in [1.54, 1.807) is 0 Å². The highest BCUT2D eigenvalue weighted by molar-refractivity contribution is 5.81. The topological polar surface area (TPSA) is 50.4 Å². The number of hydrogen-bond acceptors (Lipinski definition) is 3. The van der Waals surface area contributed by atoms with E-state index in [2.05, 4.69) is 17.6 Å². The molecule has 0 aromatic heterocycles. The zero-order valence-corrected chi connectivity index (χ0v) is 11.5. The number of ether oxygens (including phenoxy) is 1. The van der Waals surface area contributed by atoms with Gasteiger partial charge >= 0.3 is 0 Å². The van der Waals surface area contributed by atoms with Gasteiger partial charge in [0.15, 0.2) is 0 Å². The third-order valence-electron chi connectivity index (χ3n) is 3.31. The zero-order chi connectivity index (χ0) is 12.8. The smallest absolute Gasteiger partial charge is 0.237 e. The lowest BCUT2D eigenvalue weighted by Crippen LogP contribution is -2.50. The molecule has 1 fully saturated rings. The summed E-state index contributed by atoms with van der Waals surface area (Å²) in [5.74, 6) is 0.706. The minimum absolute atomic E-state index is 0.0823. The minimum Gasteiger partial charge on any atom is -0.381 e. The first kappa shape index (κ1) is 14.5. The van der Waals surface area contributed by atoms with Crippen molar-refractivity contribution in [3.63, 3.8) is 0 Å². The second-order valence-electron chi connectivity index (χ2n) is 5.29. The molecule has 4 nitrogen and oxygen atoms in total. The predicted octanol–water partition coefficient (Wildman–Crippen LogP) is 1.30. The molecule has 1 rings (SSSR count). The Morgan fingerprint density at radius 1 is 1.18 bits per heavy atom. The Hall–Kier alpha value is -0.610. The molecular weight excluding hydrogens is 216 g/mol. The molecule has 0 spiro atoms. The maximum absolute atomic E-state index is 11.8. The van der Waals surface area contributed by atoms with E-state index in [4.69, 9.17) is 4.74 Å². The van der Waals surface area contributed by atoms with E-state index in [0.29, 0.717) is 12.0 Å². The number of hydrogen-bond donors (Lipinski definition) is 2. The van der Waals surface area contributed by atoms with Crippen molar-refractivity contribution in [2.75, 3.05) is 13.2 Å². The molecule has 1 saturated heterocycles. The first-order valence-corrected chi connectivity index (χ1v) is 6.65. The maximum Gasteiger partial charge on any atom is 0.237 e. The molecule has 1 aliphatic rings. The third kappa shape index (κ3) is 5.04. The first-order chi connectivity index (χ1) is 8.00. The maximum atomic E-state index is 11.8. The van der Waals surface area contributed by atoms with Crippen LogP contribution in [-0.4, -0.2) is 37.2 Å². The second kappa shape index (κ2) is 6.97. The van der Waals surface area contributed by atoms with E-state index in [-0.39, 0.29) is 18.0 Å². The molecule has 1 aliphatic heterocycles. The van der Waals surface area contributed by atoms with Crippen LogP contribution in [-0.2, 0) is 9.53 Å². The van der Waals surface area contributed by atoms with Gasteiger partial charge in [-0.25, -0.2) is 0 Å². The van der Waals surface area contributed by atoms with Crippen LogP contribution < -0.4 is 10.6 Å². The SMILES string of the molecule is CC(C)NC(=O)C(C)NC(C)C1CCOCC1. The monoisotopic (exact) mass is 242 g/mol. The summed E-state index contributed by atoms with van der Waals surface area (Å²) in [4.78, 5) is 11.8. The molecule has 2 unspecified atom stereocenters. The van der Waals surface area contributed by atoms with Gasteiger partial charge in [-0.3, -0.25) is 4.79 Å². The normalized spacial score (nSPS) is 21.2. The Balaban J connectivity index is 2.33. The van der Waals surface area contributed by atoms with E-state index in [0.717, 1.165) is 26.1 Å². The quantitative estimate of drug-likeness (QED) is 0.764. The standard InChI is InChI=1S/C13H26N2O2/c1-9(2)14-13(16)11(4)15-10(3)12-5-7-17-8-6-12/h9-12,15H,5-8H2,1-4H3,(H,14,16). The average Bonchev–Trinajstić information content (AvgIpc) is 2.29. The zero-order valence-electron chi connectivity index (χ0n) is 11.5. The van der Waals surface area contributed by atoms with Crippen LogP contribution in [0.1, 0.15) is 40.5 Å². The summed E-state index contributed by atoms with van der Waals surface area (Å²) in [6.07, 6.45) is 2.18. The molecule has 0 aromatic carbocycles. The van der Waals surface area contributed by atoms with Crippen LogP contribution >= 0.6 is 0 Å². The average molecular weight is 242 g/mol. The predicted molar refractivity (Wildman–Crippen MR) is 68.9 cm³/mol. The Kier molecular flexibility index (Phi) is 5.92. The molecule has 0 bridgehead atoms. The van der Waals surface area contributed by atoms with Gasteiger partial charge in [-0.1, -0.05) is 0 Å². The van der Waals surface area contributed by atoms with Crippen molar-refractivity contribution in [3.8, 4) is 0 Å². The van der Waals surface area contributed by atoms with Gasteiger partial charge in [0.05, 0.1) is 6.04 Å². The summed E-state index contributed by atoms with van der Waals surface area (Å²) in [5.41, 5.74) is 0. The lowest BCUT2D eigenvalue weighted by Gasteiger charge is -2.30. The van der Waals surface area contributed by atoms with Gasteiger partial charge in [0.2, 0.25) is 5.91 Å². The molecule has 2 atom stereocenters. The lowest BCUT2D eigenvalue weighted by molar-refractivity contribution is -0.123. The summed E-state index contributed by atoms with van der Waals surface area (Å²) >= 11 is 0. The van der Waals surface area contributed by atoms with E-state index >= 15 is 0 Å². The number of amides is 1. The Labute approximate surface area is 104 Å². The van der Waals surface area contributed by atoms with Crippen molar-refractivity contribution in [2.24, 2.45) is 5.92 Å². The Morgan fingerprint density at radius 3 is 2.29 bits per heavy atom. The molecule has 0 radical (unpaired) electrons. The molecule has 0 aromatic rings. The molecule has 2 N–H and O–H groups in total. The van der Waals surface area contributed by atoms with Gasteiger partial charge in [-0.15, -0.1) is 0 Å². The molecule has 1 heterocycles. The van der Waals surface area contributed by atoms with Gasteiger partial charge < -0.3 is 15.4 Å². The summed E-state index contributed by atoms with van der Waals surface area (Å²) in [5, 5.41) is 6.31. The Bertz CT molecular complexity index is 238. The lowest BCUT2D eigenvalue weighted by atomic mass is 9.92. The third-order valence-corrected chi connectivity index (χ3v) is 3.31. The number of rotatable bonds is 5. The van der Waals surface area contributed by atoms with Crippen LogP contribution in [0.15, 0.2) is 0 Å². The van der Waals surface area contributed by atoms with E-state index in [9.17, 15) is 4.79 Å². The van der Waals surface area contributed by atoms with Crippen LogP contribution in [0, 0.1) is 5.92 Å². The van der Waals surface area contributed by atoms with Crippen molar-refractivity contribution in [2.45, 2.75) is 58.7 Å². The van der Waals surface area contributed by atoms with E-state index < -0.39 is 0 Å². The highest BCUT2D eigenvalue weighted by Gasteiger charge is 2.23. The molecule has 100 valence electrons. The van der Waals surface area contributed by atoms with Crippen molar-refractivity contribution < 1.29 is 9.53 Å². The summed E-state index contributed by atoms with van der Waals surface area (Å²) in [6, 6.07) is 0.437. The molecule has 17 heavy (non-hydrogen) atoms. The number of carbonyl (C=O) groups is 1. The van der Waals surface area contributed by atoms with Gasteiger partial charge in [-0.05, 0) is 46.5 Å². The molecule has 1 amide bonds. The van der Waals surface area contributed by atoms with Gasteiger partial charge in [0.25, 0.3) is 0 Å². The van der Waals surface area contributed by atoms with Crippen LogP contribution in [0.2, 0.25) is 0 Å². The Morgan fingerprint density at radius 2 is 1.76 bits per heavy atom. The van der Waals surface area contributed by atoms with Crippen molar-refractivity contribution in [3.05, 3.63) is 0 Å². The largest absolute Gasteiger partial charge is 0.381 e. The van der Waals surface area contributed by atoms with Gasteiger partial charge in [0, 0.05) is 25.3 Å². The van der Waals surface area contributed by atoms with Crippen LogP contribution in [0.5, 0.6) is 0 Å². The molecule has 4 heteroatoms. The molecule has 0 aliphatic carbocycles. The summed E-state index contributed by atoms with van der Waals surface area (Å²) in [6.45, 7) is 9.74. The highest BCUT2D eigenvalue weighted by atomic mass is 16.5. The van der Waals surface area contributed by atoms with Crippen LogP contribution in [0.25, 0.3) is 0 Å². The summed E-state index contributed by atoms with van der Waals surface area (Å²) in [7, 11) is 0. The first-order valence-electron chi connectivity index (χ1n) is 6.65. The van der Waals surface area contributed by atoms with Crippen molar-refractivity contribution in [1.29, 1.82) is 0 Å².